The molecule has 118 valence electrons. The van der Waals surface area contributed by atoms with E-state index in [2.05, 4.69) is 0 Å². The van der Waals surface area contributed by atoms with E-state index in [9.17, 15) is 18.0 Å². The third-order valence-electron chi connectivity index (χ3n) is 3.58. The maximum Gasteiger partial charge on any atom is 0.393 e. The van der Waals surface area contributed by atoms with Crippen LogP contribution in [-0.2, 0) is 0 Å². The molecule has 0 saturated carbocycles. The van der Waals surface area contributed by atoms with E-state index in [0.717, 1.165) is 11.3 Å². The van der Waals surface area contributed by atoms with E-state index in [1.807, 2.05) is 0 Å². The van der Waals surface area contributed by atoms with Crippen molar-refractivity contribution in [3.63, 3.8) is 0 Å². The highest BCUT2D eigenvalue weighted by atomic mass is 32.1. The normalized spacial score (nSPS) is 19.7. The van der Waals surface area contributed by atoms with E-state index < -0.39 is 12.1 Å². The molecule has 1 unspecified atom stereocenters. The zero-order valence-electron chi connectivity index (χ0n) is 11.8. The van der Waals surface area contributed by atoms with Gasteiger partial charge in [-0.25, -0.2) is 0 Å². The average molecular weight is 322 g/mol. The molecule has 1 atom stereocenters. The molecule has 21 heavy (non-hydrogen) atoms. The maximum atomic E-state index is 12.9. The van der Waals surface area contributed by atoms with Crippen molar-refractivity contribution in [1.82, 2.24) is 0 Å². The number of thiophene rings is 1. The Balaban J connectivity index is 2.33. The largest absolute Gasteiger partial charge is 0.492 e. The van der Waals surface area contributed by atoms with E-state index >= 15 is 0 Å². The summed E-state index contributed by atoms with van der Waals surface area (Å²) < 4.78 is 43.9. The molecule has 2 rings (SSSR count). The number of ether oxygens (including phenoxy) is 1. The number of nitrogens with zero attached hydrogens (tertiary/aromatic N) is 1. The minimum Gasteiger partial charge on any atom is -0.492 e. The third kappa shape index (κ3) is 3.09. The van der Waals surface area contributed by atoms with Gasteiger partial charge in [-0.1, -0.05) is 0 Å². The van der Waals surface area contributed by atoms with Gasteiger partial charge in [-0.3, -0.25) is 4.79 Å². The zero-order chi connectivity index (χ0) is 15.8. The Morgan fingerprint density at radius 1 is 1.48 bits per heavy atom. The first-order valence-corrected chi connectivity index (χ1v) is 7.36. The zero-order valence-corrected chi connectivity index (χ0v) is 12.6. The van der Waals surface area contributed by atoms with Gasteiger partial charge in [0.25, 0.3) is 0 Å². The number of alkyl halides is 3. The van der Waals surface area contributed by atoms with Crippen LogP contribution in [0.15, 0.2) is 0 Å². The van der Waals surface area contributed by atoms with Gasteiger partial charge in [-0.05, 0) is 12.8 Å². The van der Waals surface area contributed by atoms with Gasteiger partial charge in [-0.2, -0.15) is 13.2 Å². The van der Waals surface area contributed by atoms with Crippen molar-refractivity contribution in [2.24, 2.45) is 5.92 Å². The minimum absolute atomic E-state index is 0.128. The first-order chi connectivity index (χ1) is 9.75. The van der Waals surface area contributed by atoms with E-state index in [0.29, 0.717) is 28.6 Å². The van der Waals surface area contributed by atoms with Crippen LogP contribution < -0.4 is 15.4 Å². The van der Waals surface area contributed by atoms with Crippen LogP contribution in [0.2, 0.25) is 0 Å². The van der Waals surface area contributed by atoms with Crippen molar-refractivity contribution in [3.8, 4) is 5.75 Å². The molecule has 0 aliphatic carbocycles. The fraction of sp³-hybridized carbons (Fsp3) is 0.615. The van der Waals surface area contributed by atoms with Crippen LogP contribution >= 0.6 is 11.3 Å². The minimum atomic E-state index is -4.21. The SMILES string of the molecule is COc1c(N2CCCC(C(F)(F)F)C2)sc(C(C)=O)c1N. The molecular weight excluding hydrogens is 305 g/mol. The average Bonchev–Trinajstić information content (AvgIpc) is 2.75. The predicted octanol–water partition coefficient (Wildman–Crippen LogP) is 3.32. The Morgan fingerprint density at radius 2 is 2.14 bits per heavy atom. The molecule has 2 heterocycles. The molecule has 0 spiro atoms. The van der Waals surface area contributed by atoms with Crippen LogP contribution in [0.4, 0.5) is 23.9 Å². The van der Waals surface area contributed by atoms with Crippen LogP contribution in [0, 0.1) is 5.92 Å². The number of hydrogen-bond donors (Lipinski definition) is 1. The van der Waals surface area contributed by atoms with Crippen LogP contribution in [-0.4, -0.2) is 32.2 Å². The molecule has 1 fully saturated rings. The summed E-state index contributed by atoms with van der Waals surface area (Å²) >= 11 is 1.10. The van der Waals surface area contributed by atoms with Crippen LogP contribution in [0.3, 0.4) is 0 Å². The lowest BCUT2D eigenvalue weighted by Crippen LogP contribution is -2.41. The summed E-state index contributed by atoms with van der Waals surface area (Å²) in [5.74, 6) is -1.28. The van der Waals surface area contributed by atoms with Crippen molar-refractivity contribution in [2.45, 2.75) is 25.9 Å². The summed E-state index contributed by atoms with van der Waals surface area (Å²) in [5, 5.41) is 0.508. The summed E-state index contributed by atoms with van der Waals surface area (Å²) in [7, 11) is 1.40. The number of rotatable bonds is 3. The molecule has 0 amide bonds. The van der Waals surface area contributed by atoms with Gasteiger partial charge < -0.3 is 15.4 Å². The van der Waals surface area contributed by atoms with Gasteiger partial charge in [0.2, 0.25) is 0 Å². The number of carbonyl (C=O) groups excluding carboxylic acids is 1. The molecule has 1 aromatic rings. The molecule has 2 N–H and O–H groups in total. The molecule has 1 aliphatic heterocycles. The fourth-order valence-electron chi connectivity index (χ4n) is 2.51. The number of nitrogens with two attached hydrogens (primary N) is 1. The van der Waals surface area contributed by atoms with E-state index in [4.69, 9.17) is 10.5 Å². The molecule has 0 radical (unpaired) electrons. The standard InChI is InChI=1S/C13H17F3N2O2S/c1-7(19)11-9(17)10(20-2)12(21-11)18-5-3-4-8(6-18)13(14,15)16/h8H,3-6,17H2,1-2H3. The smallest absolute Gasteiger partial charge is 0.393 e. The molecule has 4 nitrogen and oxygen atoms in total. The molecule has 8 heteroatoms. The molecule has 0 bridgehead atoms. The number of Topliss-reactive ketones (excluding diaryl/α,β-unsaturated/α-hetero) is 1. The highest BCUT2D eigenvalue weighted by Crippen LogP contribution is 2.47. The van der Waals surface area contributed by atoms with E-state index in [-0.39, 0.29) is 24.4 Å². The Hall–Kier alpha value is -1.44. The molecular formula is C13H17F3N2O2S. The number of anilines is 2. The first kappa shape index (κ1) is 15.9. The monoisotopic (exact) mass is 322 g/mol. The van der Waals surface area contributed by atoms with Gasteiger partial charge in [0.1, 0.15) is 5.00 Å². The van der Waals surface area contributed by atoms with Gasteiger partial charge in [0.15, 0.2) is 11.5 Å². The molecule has 0 aromatic carbocycles. The quantitative estimate of drug-likeness (QED) is 0.867. The predicted molar refractivity (Wildman–Crippen MR) is 76.3 cm³/mol. The van der Waals surface area contributed by atoms with Crippen molar-refractivity contribution in [1.29, 1.82) is 0 Å². The van der Waals surface area contributed by atoms with Crippen LogP contribution in [0.25, 0.3) is 0 Å². The van der Waals surface area contributed by atoms with Crippen LogP contribution in [0.5, 0.6) is 5.75 Å². The Kier molecular flexibility index (Phi) is 4.36. The number of piperidine rings is 1. The Morgan fingerprint density at radius 3 is 2.67 bits per heavy atom. The first-order valence-electron chi connectivity index (χ1n) is 6.54. The Bertz CT molecular complexity index is 542. The van der Waals surface area contributed by atoms with Gasteiger partial charge in [-0.15, -0.1) is 11.3 Å². The second kappa shape index (κ2) is 5.75. The molecule has 1 aliphatic rings. The number of ketones is 1. The summed E-state index contributed by atoms with van der Waals surface area (Å²) in [5.41, 5.74) is 6.07. The third-order valence-corrected chi connectivity index (χ3v) is 4.93. The summed E-state index contributed by atoms with van der Waals surface area (Å²) in [6.07, 6.45) is -3.64. The van der Waals surface area contributed by atoms with E-state index in [1.54, 1.807) is 4.90 Å². The molecule has 1 aromatic heterocycles. The Labute approximate surface area is 124 Å². The summed E-state index contributed by atoms with van der Waals surface area (Å²) in [6, 6.07) is 0. The van der Waals surface area contributed by atoms with Crippen LogP contribution in [0.1, 0.15) is 29.4 Å². The number of hydrogen-bond acceptors (Lipinski definition) is 5. The lowest BCUT2D eigenvalue weighted by Gasteiger charge is -2.34. The number of nitrogen functional groups attached to an aromatic ring is 1. The topological polar surface area (TPSA) is 55.6 Å². The second-order valence-electron chi connectivity index (χ2n) is 5.07. The van der Waals surface area contributed by atoms with Crippen molar-refractivity contribution in [3.05, 3.63) is 4.88 Å². The summed E-state index contributed by atoms with van der Waals surface area (Å²) in [4.78, 5) is 13.5. The van der Waals surface area contributed by atoms with Gasteiger partial charge in [0.05, 0.1) is 23.6 Å². The van der Waals surface area contributed by atoms with Crippen molar-refractivity contribution >= 4 is 27.8 Å². The number of carbonyl (C=O) groups is 1. The van der Waals surface area contributed by atoms with E-state index in [1.165, 1.54) is 14.0 Å². The van der Waals surface area contributed by atoms with Crippen molar-refractivity contribution < 1.29 is 22.7 Å². The lowest BCUT2D eigenvalue weighted by molar-refractivity contribution is -0.175. The second-order valence-corrected chi connectivity index (χ2v) is 6.07. The highest BCUT2D eigenvalue weighted by molar-refractivity contribution is 7.19. The number of methoxy groups -OCH3 is 1. The highest BCUT2D eigenvalue weighted by Gasteiger charge is 2.42. The van der Waals surface area contributed by atoms with Crippen molar-refractivity contribution in [2.75, 3.05) is 30.8 Å². The van der Waals surface area contributed by atoms with Gasteiger partial charge >= 0.3 is 6.18 Å². The summed E-state index contributed by atoms with van der Waals surface area (Å²) in [6.45, 7) is 1.75. The maximum absolute atomic E-state index is 12.9. The molecule has 1 saturated heterocycles. The fourth-order valence-corrected chi connectivity index (χ4v) is 3.63. The van der Waals surface area contributed by atoms with Gasteiger partial charge in [0, 0.05) is 20.0 Å². The lowest BCUT2D eigenvalue weighted by atomic mass is 9.98. The number of halogens is 3.